The molecule has 0 unspecified atom stereocenters. The molecule has 1 heterocycles. The van der Waals surface area contributed by atoms with Crippen LogP contribution in [0.2, 0.25) is 0 Å². The summed E-state index contributed by atoms with van der Waals surface area (Å²) in [4.78, 5) is 12.3. The second kappa shape index (κ2) is 7.50. The van der Waals surface area contributed by atoms with E-state index in [-0.39, 0.29) is 10.5 Å². The highest BCUT2D eigenvalue weighted by molar-refractivity contribution is 7.92. The zero-order chi connectivity index (χ0) is 19.4. The van der Waals surface area contributed by atoms with Crippen LogP contribution in [0.15, 0.2) is 65.7 Å². The summed E-state index contributed by atoms with van der Waals surface area (Å²) in [7, 11) is -0.590. The fourth-order valence-corrected chi connectivity index (χ4v) is 3.45. The zero-order valence-electron chi connectivity index (χ0n) is 14.7. The van der Waals surface area contributed by atoms with E-state index in [0.29, 0.717) is 17.3 Å². The van der Waals surface area contributed by atoms with Gasteiger partial charge in [-0.25, -0.2) is 8.42 Å². The van der Waals surface area contributed by atoms with Gasteiger partial charge in [0, 0.05) is 30.6 Å². The van der Waals surface area contributed by atoms with Crippen LogP contribution < -0.4 is 14.8 Å². The maximum absolute atomic E-state index is 12.6. The van der Waals surface area contributed by atoms with Crippen molar-refractivity contribution in [2.45, 2.75) is 4.90 Å². The van der Waals surface area contributed by atoms with Crippen LogP contribution in [0.4, 0.5) is 11.5 Å². The first-order valence-electron chi connectivity index (χ1n) is 7.95. The molecule has 1 aromatic heterocycles. The number of hydrogen-bond donors (Lipinski definition) is 2. The van der Waals surface area contributed by atoms with Crippen molar-refractivity contribution in [3.63, 3.8) is 0 Å². The van der Waals surface area contributed by atoms with E-state index in [0.717, 1.165) is 0 Å². The number of aromatic nitrogens is 2. The van der Waals surface area contributed by atoms with Crippen LogP contribution in [0.25, 0.3) is 0 Å². The molecule has 0 aliphatic rings. The van der Waals surface area contributed by atoms with Crippen LogP contribution in [0.3, 0.4) is 0 Å². The van der Waals surface area contributed by atoms with Gasteiger partial charge in [0.2, 0.25) is 0 Å². The third kappa shape index (κ3) is 4.45. The van der Waals surface area contributed by atoms with Crippen LogP contribution in [-0.4, -0.2) is 31.2 Å². The number of aryl methyl sites for hydroxylation is 1. The molecule has 3 rings (SSSR count). The Hall–Kier alpha value is -3.33. The highest BCUT2D eigenvalue weighted by Crippen LogP contribution is 2.20. The molecule has 0 radical (unpaired) electrons. The zero-order valence-corrected chi connectivity index (χ0v) is 15.5. The first-order chi connectivity index (χ1) is 12.9. The van der Waals surface area contributed by atoms with Gasteiger partial charge in [0.1, 0.15) is 5.75 Å². The lowest BCUT2D eigenvalue weighted by atomic mass is 10.2. The summed E-state index contributed by atoms with van der Waals surface area (Å²) in [5.41, 5.74) is 0.595. The van der Waals surface area contributed by atoms with Gasteiger partial charge in [0.15, 0.2) is 5.82 Å². The third-order valence-electron chi connectivity index (χ3n) is 3.70. The molecule has 0 aliphatic carbocycles. The first kappa shape index (κ1) is 18.5. The fourth-order valence-electron chi connectivity index (χ4n) is 2.35. The van der Waals surface area contributed by atoms with Gasteiger partial charge in [0.25, 0.3) is 15.9 Å². The Balaban J connectivity index is 1.79. The SMILES string of the molecule is COc1ccc(NS(=O)(=O)c2cccc(C(=O)Nc3ccn(C)n3)c2)cc1. The van der Waals surface area contributed by atoms with Crippen molar-refractivity contribution < 1.29 is 17.9 Å². The molecule has 0 atom stereocenters. The third-order valence-corrected chi connectivity index (χ3v) is 5.08. The number of ether oxygens (including phenoxy) is 1. The second-order valence-electron chi connectivity index (χ2n) is 5.69. The molecule has 9 heteroatoms. The van der Waals surface area contributed by atoms with Gasteiger partial charge in [-0.05, 0) is 42.5 Å². The predicted molar refractivity (Wildman–Crippen MR) is 101 cm³/mol. The molecule has 27 heavy (non-hydrogen) atoms. The minimum Gasteiger partial charge on any atom is -0.497 e. The summed E-state index contributed by atoms with van der Waals surface area (Å²) >= 11 is 0. The summed E-state index contributed by atoms with van der Waals surface area (Å²) in [6.07, 6.45) is 1.69. The van der Waals surface area contributed by atoms with E-state index in [4.69, 9.17) is 4.74 Å². The van der Waals surface area contributed by atoms with E-state index in [1.54, 1.807) is 48.3 Å². The normalized spacial score (nSPS) is 11.0. The summed E-state index contributed by atoms with van der Waals surface area (Å²) in [6, 6.07) is 13.9. The second-order valence-corrected chi connectivity index (χ2v) is 7.37. The highest BCUT2D eigenvalue weighted by Gasteiger charge is 2.17. The average molecular weight is 386 g/mol. The molecule has 0 aliphatic heterocycles. The molecule has 2 N–H and O–H groups in total. The molecule has 8 nitrogen and oxygen atoms in total. The molecule has 0 saturated heterocycles. The van der Waals surface area contributed by atoms with Gasteiger partial charge in [-0.2, -0.15) is 5.10 Å². The first-order valence-corrected chi connectivity index (χ1v) is 9.44. The number of hydrogen-bond acceptors (Lipinski definition) is 5. The lowest BCUT2D eigenvalue weighted by molar-refractivity contribution is 0.102. The van der Waals surface area contributed by atoms with E-state index in [9.17, 15) is 13.2 Å². The highest BCUT2D eigenvalue weighted by atomic mass is 32.2. The van der Waals surface area contributed by atoms with Crippen molar-refractivity contribution in [2.75, 3.05) is 17.1 Å². The lowest BCUT2D eigenvalue weighted by Crippen LogP contribution is -2.16. The molecular formula is C18H18N4O4S. The van der Waals surface area contributed by atoms with Gasteiger partial charge in [-0.1, -0.05) is 6.07 Å². The number of nitrogens with zero attached hydrogens (tertiary/aromatic N) is 2. The molecule has 0 saturated carbocycles. The lowest BCUT2D eigenvalue weighted by Gasteiger charge is -2.10. The molecule has 0 fully saturated rings. The maximum Gasteiger partial charge on any atom is 0.261 e. The number of methoxy groups -OCH3 is 1. The minimum atomic E-state index is -3.85. The van der Waals surface area contributed by atoms with Crippen LogP contribution in [0.1, 0.15) is 10.4 Å². The van der Waals surface area contributed by atoms with Gasteiger partial charge in [0.05, 0.1) is 12.0 Å². The largest absolute Gasteiger partial charge is 0.497 e. The van der Waals surface area contributed by atoms with E-state index in [1.807, 2.05) is 0 Å². The molecule has 2 aromatic carbocycles. The molecular weight excluding hydrogens is 368 g/mol. The Bertz CT molecular complexity index is 1060. The predicted octanol–water partition coefficient (Wildman–Crippen LogP) is 2.48. The quantitative estimate of drug-likeness (QED) is 0.678. The van der Waals surface area contributed by atoms with E-state index < -0.39 is 15.9 Å². The molecule has 140 valence electrons. The molecule has 0 spiro atoms. The topological polar surface area (TPSA) is 102 Å². The molecule has 1 amide bonds. The Morgan fingerprint density at radius 2 is 1.85 bits per heavy atom. The van der Waals surface area contributed by atoms with Crippen molar-refractivity contribution in [1.82, 2.24) is 9.78 Å². The van der Waals surface area contributed by atoms with Crippen LogP contribution in [0.5, 0.6) is 5.75 Å². The number of carbonyl (C=O) groups excluding carboxylic acids is 1. The van der Waals surface area contributed by atoms with E-state index in [2.05, 4.69) is 15.1 Å². The minimum absolute atomic E-state index is 0.0213. The van der Waals surface area contributed by atoms with Crippen LogP contribution in [0, 0.1) is 0 Å². The van der Waals surface area contributed by atoms with Gasteiger partial charge >= 0.3 is 0 Å². The number of carbonyl (C=O) groups is 1. The van der Waals surface area contributed by atoms with Crippen molar-refractivity contribution in [1.29, 1.82) is 0 Å². The monoisotopic (exact) mass is 386 g/mol. The van der Waals surface area contributed by atoms with Crippen LogP contribution in [-0.2, 0) is 17.1 Å². The van der Waals surface area contributed by atoms with Crippen molar-refractivity contribution >= 4 is 27.4 Å². The smallest absolute Gasteiger partial charge is 0.261 e. The summed E-state index contributed by atoms with van der Waals surface area (Å²) in [5, 5.41) is 6.68. The van der Waals surface area contributed by atoms with E-state index >= 15 is 0 Å². The summed E-state index contributed by atoms with van der Waals surface area (Å²) in [5.74, 6) is 0.549. The Morgan fingerprint density at radius 1 is 1.11 bits per heavy atom. The maximum atomic E-state index is 12.6. The Kier molecular flexibility index (Phi) is 5.13. The number of rotatable bonds is 6. The number of amides is 1. The summed E-state index contributed by atoms with van der Waals surface area (Å²) in [6.45, 7) is 0. The standard InChI is InChI=1S/C18H18N4O4S/c1-22-11-10-17(20-22)19-18(23)13-4-3-5-16(12-13)27(24,25)21-14-6-8-15(26-2)9-7-14/h3-12,21H,1-2H3,(H,19,20,23). The van der Waals surface area contributed by atoms with Gasteiger partial charge < -0.3 is 10.1 Å². The van der Waals surface area contributed by atoms with Crippen molar-refractivity contribution in [3.05, 3.63) is 66.4 Å². The molecule has 3 aromatic rings. The Labute approximate surface area is 156 Å². The fraction of sp³-hybridized carbons (Fsp3) is 0.111. The van der Waals surface area contributed by atoms with E-state index in [1.165, 1.54) is 31.4 Å². The van der Waals surface area contributed by atoms with Crippen molar-refractivity contribution in [2.24, 2.45) is 7.05 Å². The number of anilines is 2. The number of benzene rings is 2. The van der Waals surface area contributed by atoms with Gasteiger partial charge in [-0.3, -0.25) is 14.2 Å². The summed E-state index contributed by atoms with van der Waals surface area (Å²) < 4.78 is 34.3. The Morgan fingerprint density at radius 3 is 2.48 bits per heavy atom. The van der Waals surface area contributed by atoms with Crippen LogP contribution >= 0.6 is 0 Å². The average Bonchev–Trinajstić information content (AvgIpc) is 3.07. The van der Waals surface area contributed by atoms with Gasteiger partial charge in [-0.15, -0.1) is 0 Å². The van der Waals surface area contributed by atoms with Crippen molar-refractivity contribution in [3.8, 4) is 5.75 Å². The molecule has 0 bridgehead atoms. The number of sulfonamides is 1. The number of nitrogens with one attached hydrogen (secondary N) is 2.